The van der Waals surface area contributed by atoms with Gasteiger partial charge in [0.1, 0.15) is 6.54 Å². The minimum atomic E-state index is -0.604. The highest BCUT2D eigenvalue weighted by Crippen LogP contribution is 2.35. The van der Waals surface area contributed by atoms with Crippen molar-refractivity contribution in [3.63, 3.8) is 0 Å². The highest BCUT2D eigenvalue weighted by Gasteiger charge is 2.21. The average molecular weight is 321 g/mol. The Kier molecular flexibility index (Phi) is 3.68. The quantitative estimate of drug-likeness (QED) is 0.937. The van der Waals surface area contributed by atoms with Crippen LogP contribution in [-0.2, 0) is 24.2 Å². The third kappa shape index (κ3) is 3.14. The van der Waals surface area contributed by atoms with Gasteiger partial charge in [-0.1, -0.05) is 0 Å². The van der Waals surface area contributed by atoms with Crippen molar-refractivity contribution in [1.82, 2.24) is 15.1 Å². The standard InChI is InChI=1S/C15H19N3O3S/c1-15(2,3)16-12(19)8-18-14(20)21-13(17-18)11-7-9-5-4-6-10(9)22-11/h7H,4-6,8H2,1-3H3,(H,16,19). The molecule has 0 fully saturated rings. The van der Waals surface area contributed by atoms with Crippen LogP contribution >= 0.6 is 11.3 Å². The van der Waals surface area contributed by atoms with E-state index < -0.39 is 5.76 Å². The second-order valence-corrected chi connectivity index (χ2v) is 7.68. The topological polar surface area (TPSA) is 77.1 Å². The van der Waals surface area contributed by atoms with Crippen LogP contribution in [0.1, 0.15) is 37.6 Å². The monoisotopic (exact) mass is 321 g/mol. The van der Waals surface area contributed by atoms with Crippen LogP contribution in [-0.4, -0.2) is 21.2 Å². The maximum Gasteiger partial charge on any atom is 0.437 e. The summed E-state index contributed by atoms with van der Waals surface area (Å²) in [4.78, 5) is 25.9. The Labute approximate surface area is 132 Å². The van der Waals surface area contributed by atoms with Crippen molar-refractivity contribution < 1.29 is 9.21 Å². The summed E-state index contributed by atoms with van der Waals surface area (Å²) in [6.07, 6.45) is 3.34. The van der Waals surface area contributed by atoms with Crippen LogP contribution in [0.25, 0.3) is 10.8 Å². The number of rotatable bonds is 3. The Morgan fingerprint density at radius 1 is 1.45 bits per heavy atom. The fraction of sp³-hybridized carbons (Fsp3) is 0.533. The first kappa shape index (κ1) is 15.0. The Morgan fingerprint density at radius 3 is 2.91 bits per heavy atom. The molecule has 0 bridgehead atoms. The molecule has 1 aliphatic rings. The van der Waals surface area contributed by atoms with Gasteiger partial charge in [-0.25, -0.2) is 4.79 Å². The van der Waals surface area contributed by atoms with Gasteiger partial charge in [-0.15, -0.1) is 16.4 Å². The van der Waals surface area contributed by atoms with E-state index in [9.17, 15) is 9.59 Å². The van der Waals surface area contributed by atoms with Crippen molar-refractivity contribution in [2.45, 2.75) is 52.1 Å². The fourth-order valence-corrected chi connectivity index (χ4v) is 3.71. The number of aryl methyl sites for hydroxylation is 2. The lowest BCUT2D eigenvalue weighted by Gasteiger charge is -2.19. The molecule has 0 aromatic carbocycles. The molecule has 2 heterocycles. The molecule has 1 aliphatic carbocycles. The van der Waals surface area contributed by atoms with Gasteiger partial charge in [0.25, 0.3) is 5.89 Å². The fourth-order valence-electron chi connectivity index (χ4n) is 2.53. The summed E-state index contributed by atoms with van der Waals surface area (Å²) in [6.45, 7) is 5.52. The summed E-state index contributed by atoms with van der Waals surface area (Å²) >= 11 is 1.62. The lowest BCUT2D eigenvalue weighted by molar-refractivity contribution is -0.123. The van der Waals surface area contributed by atoms with E-state index in [-0.39, 0.29) is 18.0 Å². The molecule has 0 saturated carbocycles. The molecule has 1 amide bonds. The number of carbonyl (C=O) groups is 1. The number of thiophene rings is 1. The summed E-state index contributed by atoms with van der Waals surface area (Å²) in [5.74, 6) is -0.566. The zero-order chi connectivity index (χ0) is 15.9. The normalized spacial score (nSPS) is 14.1. The number of hydrogen-bond donors (Lipinski definition) is 1. The Balaban J connectivity index is 1.79. The highest BCUT2D eigenvalue weighted by atomic mass is 32.1. The van der Waals surface area contributed by atoms with Crippen LogP contribution in [0.3, 0.4) is 0 Å². The number of fused-ring (bicyclic) bond motifs is 1. The van der Waals surface area contributed by atoms with E-state index in [0.29, 0.717) is 5.89 Å². The van der Waals surface area contributed by atoms with Gasteiger partial charge in [0, 0.05) is 10.4 Å². The van der Waals surface area contributed by atoms with Crippen molar-refractivity contribution >= 4 is 17.2 Å². The molecule has 118 valence electrons. The molecule has 0 aliphatic heterocycles. The third-order valence-electron chi connectivity index (χ3n) is 3.37. The van der Waals surface area contributed by atoms with Crippen LogP contribution in [0.15, 0.2) is 15.3 Å². The van der Waals surface area contributed by atoms with E-state index in [1.54, 1.807) is 11.3 Å². The van der Waals surface area contributed by atoms with E-state index in [0.717, 1.165) is 22.4 Å². The van der Waals surface area contributed by atoms with Gasteiger partial charge in [0.05, 0.1) is 4.88 Å². The Morgan fingerprint density at radius 2 is 2.23 bits per heavy atom. The predicted molar refractivity (Wildman–Crippen MR) is 84.0 cm³/mol. The van der Waals surface area contributed by atoms with Gasteiger partial charge < -0.3 is 9.73 Å². The van der Waals surface area contributed by atoms with Crippen LogP contribution in [0.2, 0.25) is 0 Å². The molecule has 22 heavy (non-hydrogen) atoms. The number of amides is 1. The van der Waals surface area contributed by atoms with E-state index in [4.69, 9.17) is 4.42 Å². The van der Waals surface area contributed by atoms with Crippen molar-refractivity contribution in [3.8, 4) is 10.8 Å². The van der Waals surface area contributed by atoms with Crippen molar-refractivity contribution in [2.75, 3.05) is 0 Å². The lowest BCUT2D eigenvalue weighted by atomic mass is 10.1. The maximum atomic E-state index is 11.9. The maximum absolute atomic E-state index is 11.9. The van der Waals surface area contributed by atoms with Crippen LogP contribution in [0.5, 0.6) is 0 Å². The molecule has 3 rings (SSSR count). The molecule has 6 nitrogen and oxygen atoms in total. The second kappa shape index (κ2) is 5.39. The summed E-state index contributed by atoms with van der Waals surface area (Å²) in [5.41, 5.74) is 0.976. The number of nitrogens with zero attached hydrogens (tertiary/aromatic N) is 2. The number of aromatic nitrogens is 2. The van der Waals surface area contributed by atoms with E-state index in [1.807, 2.05) is 26.8 Å². The van der Waals surface area contributed by atoms with Gasteiger partial charge in [-0.05, 0) is 51.7 Å². The second-order valence-electron chi connectivity index (χ2n) is 6.54. The zero-order valence-electron chi connectivity index (χ0n) is 12.9. The van der Waals surface area contributed by atoms with Crippen molar-refractivity contribution in [1.29, 1.82) is 0 Å². The number of carbonyl (C=O) groups excluding carboxylic acids is 1. The van der Waals surface area contributed by atoms with Gasteiger partial charge in [0.2, 0.25) is 5.91 Å². The minimum absolute atomic E-state index is 0.134. The zero-order valence-corrected chi connectivity index (χ0v) is 13.7. The summed E-state index contributed by atoms with van der Waals surface area (Å²) in [7, 11) is 0. The average Bonchev–Trinajstić information content (AvgIpc) is 3.01. The van der Waals surface area contributed by atoms with Gasteiger partial charge in [-0.2, -0.15) is 4.68 Å². The molecule has 0 saturated heterocycles. The first-order valence-corrected chi connectivity index (χ1v) is 8.14. The number of nitrogens with one attached hydrogen (secondary N) is 1. The van der Waals surface area contributed by atoms with Crippen molar-refractivity contribution in [2.24, 2.45) is 0 Å². The summed E-state index contributed by atoms with van der Waals surface area (Å²) < 4.78 is 6.27. The summed E-state index contributed by atoms with van der Waals surface area (Å²) in [6, 6.07) is 2.04. The highest BCUT2D eigenvalue weighted by molar-refractivity contribution is 7.15. The van der Waals surface area contributed by atoms with Crippen LogP contribution in [0, 0.1) is 0 Å². The summed E-state index contributed by atoms with van der Waals surface area (Å²) in [5, 5.41) is 6.95. The molecule has 2 aromatic rings. The molecule has 0 unspecified atom stereocenters. The predicted octanol–water partition coefficient (Wildman–Crippen LogP) is 1.97. The molecule has 0 radical (unpaired) electrons. The number of hydrogen-bond acceptors (Lipinski definition) is 5. The van der Waals surface area contributed by atoms with E-state index in [1.165, 1.54) is 16.9 Å². The van der Waals surface area contributed by atoms with Crippen molar-refractivity contribution in [3.05, 3.63) is 27.1 Å². The Hall–Kier alpha value is -1.89. The molecule has 0 spiro atoms. The smallest absolute Gasteiger partial charge is 0.387 e. The largest absolute Gasteiger partial charge is 0.437 e. The molecular weight excluding hydrogens is 302 g/mol. The SMILES string of the molecule is CC(C)(C)NC(=O)Cn1nc(-c2cc3c(s2)CCC3)oc1=O. The van der Waals surface area contributed by atoms with Gasteiger partial charge in [0.15, 0.2) is 0 Å². The molecular formula is C15H19N3O3S. The van der Waals surface area contributed by atoms with Gasteiger partial charge >= 0.3 is 5.76 Å². The first-order valence-electron chi connectivity index (χ1n) is 7.33. The lowest BCUT2D eigenvalue weighted by Crippen LogP contribution is -2.43. The molecule has 2 aromatic heterocycles. The Bertz CT molecular complexity index is 742. The third-order valence-corrected chi connectivity index (χ3v) is 4.60. The van der Waals surface area contributed by atoms with E-state index in [2.05, 4.69) is 10.4 Å². The minimum Gasteiger partial charge on any atom is -0.387 e. The van der Waals surface area contributed by atoms with Gasteiger partial charge in [-0.3, -0.25) is 4.79 Å². The van der Waals surface area contributed by atoms with E-state index >= 15 is 0 Å². The molecule has 1 N–H and O–H groups in total. The van der Waals surface area contributed by atoms with Crippen LogP contribution < -0.4 is 11.1 Å². The molecule has 0 atom stereocenters. The first-order chi connectivity index (χ1) is 10.3. The van der Waals surface area contributed by atoms with Crippen LogP contribution in [0.4, 0.5) is 0 Å². The molecule has 7 heteroatoms.